The lowest BCUT2D eigenvalue weighted by molar-refractivity contribution is 0.0695. The van der Waals surface area contributed by atoms with E-state index in [0.717, 1.165) is 17.7 Å². The van der Waals surface area contributed by atoms with Crippen LogP contribution in [0.5, 0.6) is 0 Å². The van der Waals surface area contributed by atoms with Crippen LogP contribution in [0.4, 0.5) is 10.5 Å². The average molecular weight is 615 g/mol. The Kier molecular flexibility index (Phi) is 9.55. The number of carbonyl (C=O) groups excluding carboxylic acids is 2. The monoisotopic (exact) mass is 614 g/mol. The molecule has 8 nitrogen and oxygen atoms in total. The fraction of sp³-hybridized carbons (Fsp3) is 0.237. The third-order valence-electron chi connectivity index (χ3n) is 8.39. The lowest BCUT2D eigenvalue weighted by atomic mass is 10.00. The molecule has 0 spiro atoms. The largest absolute Gasteiger partial charge is 0.445 e. The number of ether oxygens (including phenoxy) is 1. The number of para-hydroxylation sites is 2. The highest BCUT2D eigenvalue weighted by atomic mass is 16.6. The fourth-order valence-electron chi connectivity index (χ4n) is 6.06. The van der Waals surface area contributed by atoms with Crippen LogP contribution >= 0.6 is 0 Å². The Morgan fingerprint density at radius 2 is 1.33 bits per heavy atom. The number of piperazine rings is 1. The summed E-state index contributed by atoms with van der Waals surface area (Å²) < 4.78 is 7.28. The van der Waals surface area contributed by atoms with Crippen molar-refractivity contribution in [3.05, 3.63) is 142 Å². The molecule has 234 valence electrons. The normalized spacial score (nSPS) is 13.5. The molecule has 0 atom stereocenters. The summed E-state index contributed by atoms with van der Waals surface area (Å²) in [5, 5.41) is 1.13. The molecule has 0 saturated carbocycles. The predicted octanol–water partition coefficient (Wildman–Crippen LogP) is 6.50. The van der Waals surface area contributed by atoms with E-state index in [1.165, 1.54) is 0 Å². The van der Waals surface area contributed by atoms with Crippen molar-refractivity contribution in [1.29, 1.82) is 0 Å². The molecule has 0 unspecified atom stereocenters. The first kappa shape index (κ1) is 30.8. The summed E-state index contributed by atoms with van der Waals surface area (Å²) in [5.41, 5.74) is 3.43. The zero-order valence-corrected chi connectivity index (χ0v) is 26.0. The van der Waals surface area contributed by atoms with E-state index in [0.29, 0.717) is 67.0 Å². The molecule has 2 heterocycles. The van der Waals surface area contributed by atoms with Crippen LogP contribution in [0.3, 0.4) is 0 Å². The highest BCUT2D eigenvalue weighted by molar-refractivity contribution is 6.15. The molecule has 1 fully saturated rings. The maximum absolute atomic E-state index is 14.8. The van der Waals surface area contributed by atoms with Crippen molar-refractivity contribution in [2.24, 2.45) is 0 Å². The van der Waals surface area contributed by atoms with E-state index >= 15 is 0 Å². The van der Waals surface area contributed by atoms with Gasteiger partial charge in [0.05, 0.1) is 11.3 Å². The molecule has 0 bridgehead atoms. The third kappa shape index (κ3) is 6.57. The molecule has 1 aliphatic rings. The van der Waals surface area contributed by atoms with E-state index < -0.39 is 0 Å². The highest BCUT2D eigenvalue weighted by Crippen LogP contribution is 2.28. The van der Waals surface area contributed by atoms with Gasteiger partial charge in [-0.15, -0.1) is 0 Å². The van der Waals surface area contributed by atoms with E-state index in [4.69, 9.17) is 4.74 Å². The van der Waals surface area contributed by atoms with Crippen molar-refractivity contribution in [3.63, 3.8) is 0 Å². The van der Waals surface area contributed by atoms with Crippen LogP contribution in [0.1, 0.15) is 35.0 Å². The molecule has 6 rings (SSSR count). The molecule has 1 aromatic heterocycles. The van der Waals surface area contributed by atoms with Gasteiger partial charge in [0.1, 0.15) is 6.61 Å². The number of nitrogens with zero attached hydrogens (tertiary/aromatic N) is 4. The van der Waals surface area contributed by atoms with Crippen LogP contribution < -0.4 is 10.5 Å². The minimum atomic E-state index is -0.343. The molecule has 5 aromatic rings. The first-order valence-electron chi connectivity index (χ1n) is 15.8. The van der Waals surface area contributed by atoms with Gasteiger partial charge in [0, 0.05) is 61.4 Å². The summed E-state index contributed by atoms with van der Waals surface area (Å²) in [4.78, 5) is 47.6. The van der Waals surface area contributed by atoms with Crippen LogP contribution in [-0.2, 0) is 17.9 Å². The van der Waals surface area contributed by atoms with Gasteiger partial charge in [0.25, 0.3) is 11.5 Å². The number of rotatable bonds is 9. The molecule has 2 amide bonds. The summed E-state index contributed by atoms with van der Waals surface area (Å²) in [7, 11) is 0. The summed E-state index contributed by atoms with van der Waals surface area (Å²) in [5.74, 6) is -0.146. The van der Waals surface area contributed by atoms with Gasteiger partial charge >= 0.3 is 6.09 Å². The van der Waals surface area contributed by atoms with Crippen molar-refractivity contribution < 1.29 is 14.3 Å². The van der Waals surface area contributed by atoms with Gasteiger partial charge < -0.3 is 14.5 Å². The van der Waals surface area contributed by atoms with E-state index in [-0.39, 0.29) is 24.2 Å². The molecule has 0 aliphatic carbocycles. The fourth-order valence-corrected chi connectivity index (χ4v) is 6.06. The summed E-state index contributed by atoms with van der Waals surface area (Å²) >= 11 is 0. The second-order valence-electron chi connectivity index (χ2n) is 11.4. The quantitative estimate of drug-likeness (QED) is 0.190. The van der Waals surface area contributed by atoms with Gasteiger partial charge in [0.15, 0.2) is 0 Å². The Labute approximate surface area is 269 Å². The van der Waals surface area contributed by atoms with Crippen molar-refractivity contribution in [2.45, 2.75) is 26.5 Å². The molecule has 8 heteroatoms. The average Bonchev–Trinajstić information content (AvgIpc) is 3.11. The first-order valence-corrected chi connectivity index (χ1v) is 15.8. The smallest absolute Gasteiger partial charge is 0.410 e. The van der Waals surface area contributed by atoms with Crippen molar-refractivity contribution >= 4 is 28.5 Å². The number of hydrogen-bond acceptors (Lipinski definition) is 5. The van der Waals surface area contributed by atoms with Gasteiger partial charge in [-0.2, -0.15) is 0 Å². The Balaban J connectivity index is 1.36. The Bertz CT molecular complexity index is 1850. The number of amides is 2. The SMILES string of the molecule is CCCN(C(=O)c1c(CN2CCN(C(=O)OCc3ccccc3)CC2)n(-c2ccccc2)c(=O)c2ccccc12)c1ccccc1. The molecule has 1 saturated heterocycles. The zero-order chi connectivity index (χ0) is 31.9. The van der Waals surface area contributed by atoms with Gasteiger partial charge in [-0.25, -0.2) is 4.79 Å². The van der Waals surface area contributed by atoms with Crippen molar-refractivity contribution in [3.8, 4) is 5.69 Å². The molecule has 4 aromatic carbocycles. The van der Waals surface area contributed by atoms with Crippen molar-refractivity contribution in [1.82, 2.24) is 14.4 Å². The minimum absolute atomic E-state index is 0.146. The van der Waals surface area contributed by atoms with Crippen LogP contribution in [0.15, 0.2) is 120 Å². The van der Waals surface area contributed by atoms with E-state index in [9.17, 15) is 14.4 Å². The predicted molar refractivity (Wildman–Crippen MR) is 181 cm³/mol. The van der Waals surface area contributed by atoms with Gasteiger partial charge in [-0.3, -0.25) is 19.1 Å². The lowest BCUT2D eigenvalue weighted by Gasteiger charge is -2.35. The first-order chi connectivity index (χ1) is 22.5. The Hall–Kier alpha value is -5.21. The van der Waals surface area contributed by atoms with Crippen LogP contribution in [0.25, 0.3) is 16.5 Å². The number of pyridine rings is 1. The van der Waals surface area contributed by atoms with Gasteiger partial charge in [-0.05, 0) is 42.3 Å². The number of benzene rings is 4. The van der Waals surface area contributed by atoms with Gasteiger partial charge in [-0.1, -0.05) is 91.9 Å². The molecular weight excluding hydrogens is 576 g/mol. The van der Waals surface area contributed by atoms with Crippen molar-refractivity contribution in [2.75, 3.05) is 37.6 Å². The molecular formula is C38H38N4O4. The number of aromatic nitrogens is 1. The summed E-state index contributed by atoms with van der Waals surface area (Å²) in [6.07, 6.45) is 0.429. The van der Waals surface area contributed by atoms with E-state index in [1.807, 2.05) is 114 Å². The minimum Gasteiger partial charge on any atom is -0.445 e. The topological polar surface area (TPSA) is 75.1 Å². The number of carbonyl (C=O) groups is 2. The van der Waals surface area contributed by atoms with Crippen LogP contribution in [0, 0.1) is 0 Å². The van der Waals surface area contributed by atoms with Gasteiger partial charge in [0.2, 0.25) is 0 Å². The molecule has 1 aliphatic heterocycles. The highest BCUT2D eigenvalue weighted by Gasteiger charge is 2.30. The number of hydrogen-bond donors (Lipinski definition) is 0. The maximum Gasteiger partial charge on any atom is 0.410 e. The zero-order valence-electron chi connectivity index (χ0n) is 26.0. The Morgan fingerprint density at radius 1 is 0.739 bits per heavy atom. The van der Waals surface area contributed by atoms with Crippen LogP contribution in [-0.4, -0.2) is 59.1 Å². The standard InChI is InChI=1S/C38H38N4O4/c1-2-22-41(30-16-8-4-9-17-30)37(44)35-32-20-12-13-21-33(32)36(43)42(31-18-10-5-11-19-31)34(35)27-39-23-25-40(26-24-39)38(45)46-28-29-14-6-3-7-15-29/h3-21H,2,22-28H2,1H3. The molecule has 0 radical (unpaired) electrons. The maximum atomic E-state index is 14.8. The van der Waals surface area contributed by atoms with E-state index in [2.05, 4.69) is 11.8 Å². The second kappa shape index (κ2) is 14.3. The lowest BCUT2D eigenvalue weighted by Crippen LogP contribution is -2.49. The van der Waals surface area contributed by atoms with E-state index in [1.54, 1.807) is 15.5 Å². The second-order valence-corrected chi connectivity index (χ2v) is 11.4. The Morgan fingerprint density at radius 3 is 1.98 bits per heavy atom. The number of anilines is 1. The number of fused-ring (bicyclic) bond motifs is 1. The summed E-state index contributed by atoms with van der Waals surface area (Å²) in [6.45, 7) is 5.27. The third-order valence-corrected chi connectivity index (χ3v) is 8.39. The molecule has 46 heavy (non-hydrogen) atoms. The molecule has 0 N–H and O–H groups in total. The van der Waals surface area contributed by atoms with Crippen LogP contribution in [0.2, 0.25) is 0 Å². The summed E-state index contributed by atoms with van der Waals surface area (Å²) in [6, 6.07) is 36.2.